The summed E-state index contributed by atoms with van der Waals surface area (Å²) >= 11 is 0. The molecule has 2 aliphatic rings. The lowest BCUT2D eigenvalue weighted by Crippen LogP contribution is -2.53. The van der Waals surface area contributed by atoms with E-state index in [0.717, 1.165) is 63.9 Å². The van der Waals surface area contributed by atoms with Crippen LogP contribution in [0.3, 0.4) is 0 Å². The number of nitrogens with zero attached hydrogens (tertiary/aromatic N) is 4. The molecule has 0 amide bonds. The maximum Gasteiger partial charge on any atom is 0.193 e. The van der Waals surface area contributed by atoms with Crippen molar-refractivity contribution in [3.8, 4) is 0 Å². The fourth-order valence-electron chi connectivity index (χ4n) is 3.17. The van der Waals surface area contributed by atoms with E-state index in [1.165, 1.54) is 12.8 Å². The molecule has 0 aromatic carbocycles. The van der Waals surface area contributed by atoms with Crippen molar-refractivity contribution in [1.29, 1.82) is 0 Å². The molecule has 1 atom stereocenters. The molecule has 0 radical (unpaired) electrons. The Bertz CT molecular complexity index is 483. The molecule has 1 aromatic heterocycles. The van der Waals surface area contributed by atoms with E-state index >= 15 is 0 Å². The van der Waals surface area contributed by atoms with Crippen molar-refractivity contribution in [3.05, 3.63) is 18.0 Å². The molecule has 3 rings (SSSR count). The van der Waals surface area contributed by atoms with Gasteiger partial charge in [0, 0.05) is 59.0 Å². The standard InChI is InChI=1S/C16H27N5O2.HI/c1-17-16(18-12-15-4-2-3-10-22-15)21-8-6-20(7-9-21)13-14-5-11-23-19-14;/h5,11,15H,2-4,6-10,12-13H2,1H3,(H,17,18);1H. The van der Waals surface area contributed by atoms with Gasteiger partial charge in [-0.1, -0.05) is 5.16 Å². The highest BCUT2D eigenvalue weighted by Gasteiger charge is 2.21. The van der Waals surface area contributed by atoms with Gasteiger partial charge in [-0.3, -0.25) is 9.89 Å². The highest BCUT2D eigenvalue weighted by atomic mass is 127. The van der Waals surface area contributed by atoms with Crippen LogP contribution in [-0.4, -0.2) is 73.4 Å². The number of guanidine groups is 1. The minimum Gasteiger partial charge on any atom is -0.376 e. The predicted molar refractivity (Wildman–Crippen MR) is 104 cm³/mol. The second kappa shape index (κ2) is 10.2. The molecule has 2 saturated heterocycles. The molecule has 0 spiro atoms. The summed E-state index contributed by atoms with van der Waals surface area (Å²) < 4.78 is 10.7. The number of rotatable bonds is 4. The number of aliphatic imine (C=N–C) groups is 1. The zero-order chi connectivity index (χ0) is 15.9. The molecule has 1 aromatic rings. The fraction of sp³-hybridized carbons (Fsp3) is 0.750. The molecule has 2 aliphatic heterocycles. The minimum absolute atomic E-state index is 0. The fourth-order valence-corrected chi connectivity index (χ4v) is 3.17. The SMILES string of the molecule is CN=C(NCC1CCCCO1)N1CCN(Cc2ccon2)CC1.I. The zero-order valence-electron chi connectivity index (χ0n) is 14.3. The van der Waals surface area contributed by atoms with Crippen LogP contribution in [0.4, 0.5) is 0 Å². The summed E-state index contributed by atoms with van der Waals surface area (Å²) in [5.74, 6) is 0.986. The van der Waals surface area contributed by atoms with Gasteiger partial charge in [0.05, 0.1) is 11.8 Å². The molecule has 1 N–H and O–H groups in total. The van der Waals surface area contributed by atoms with E-state index in [1.807, 2.05) is 13.1 Å². The molecule has 0 saturated carbocycles. The van der Waals surface area contributed by atoms with Crippen LogP contribution in [0.5, 0.6) is 0 Å². The first-order valence-electron chi connectivity index (χ1n) is 8.54. The van der Waals surface area contributed by atoms with Crippen molar-refractivity contribution in [2.24, 2.45) is 4.99 Å². The van der Waals surface area contributed by atoms with E-state index in [1.54, 1.807) is 6.26 Å². The van der Waals surface area contributed by atoms with E-state index in [2.05, 4.69) is 25.3 Å². The van der Waals surface area contributed by atoms with E-state index in [4.69, 9.17) is 9.26 Å². The van der Waals surface area contributed by atoms with Gasteiger partial charge in [0.25, 0.3) is 0 Å². The Labute approximate surface area is 160 Å². The molecule has 2 fully saturated rings. The van der Waals surface area contributed by atoms with Gasteiger partial charge in [-0.05, 0) is 19.3 Å². The van der Waals surface area contributed by atoms with Crippen LogP contribution in [0.15, 0.2) is 21.8 Å². The van der Waals surface area contributed by atoms with Crippen molar-refractivity contribution >= 4 is 29.9 Å². The molecule has 0 aliphatic carbocycles. The maximum absolute atomic E-state index is 5.78. The van der Waals surface area contributed by atoms with Crippen molar-refractivity contribution in [2.45, 2.75) is 31.9 Å². The molecule has 3 heterocycles. The lowest BCUT2D eigenvalue weighted by Gasteiger charge is -2.36. The molecule has 7 nitrogen and oxygen atoms in total. The van der Waals surface area contributed by atoms with Crippen molar-refractivity contribution in [2.75, 3.05) is 46.4 Å². The summed E-state index contributed by atoms with van der Waals surface area (Å²) in [6, 6.07) is 1.93. The topological polar surface area (TPSA) is 66.1 Å². The zero-order valence-corrected chi connectivity index (χ0v) is 16.6. The van der Waals surface area contributed by atoms with Gasteiger partial charge >= 0.3 is 0 Å². The van der Waals surface area contributed by atoms with Crippen LogP contribution < -0.4 is 5.32 Å². The summed E-state index contributed by atoms with van der Waals surface area (Å²) in [5, 5.41) is 7.46. The number of ether oxygens (including phenoxy) is 1. The Kier molecular flexibility index (Phi) is 8.26. The molecule has 136 valence electrons. The second-order valence-corrected chi connectivity index (χ2v) is 6.17. The molecular formula is C16H28IN5O2. The van der Waals surface area contributed by atoms with E-state index < -0.39 is 0 Å². The van der Waals surface area contributed by atoms with Gasteiger partial charge in [0.2, 0.25) is 0 Å². The maximum atomic E-state index is 5.78. The van der Waals surface area contributed by atoms with Gasteiger partial charge in [-0.25, -0.2) is 0 Å². The van der Waals surface area contributed by atoms with E-state index in [-0.39, 0.29) is 24.0 Å². The first kappa shape index (κ1) is 19.5. The third-order valence-corrected chi connectivity index (χ3v) is 4.52. The third-order valence-electron chi connectivity index (χ3n) is 4.52. The van der Waals surface area contributed by atoms with Gasteiger partial charge in [0.1, 0.15) is 6.26 Å². The number of nitrogens with one attached hydrogen (secondary N) is 1. The second-order valence-electron chi connectivity index (χ2n) is 6.17. The van der Waals surface area contributed by atoms with Gasteiger partial charge in [-0.2, -0.15) is 0 Å². The first-order chi connectivity index (χ1) is 11.3. The largest absolute Gasteiger partial charge is 0.376 e. The lowest BCUT2D eigenvalue weighted by atomic mass is 10.1. The van der Waals surface area contributed by atoms with Crippen LogP contribution in [0.1, 0.15) is 25.0 Å². The monoisotopic (exact) mass is 449 g/mol. The van der Waals surface area contributed by atoms with Gasteiger partial charge < -0.3 is 19.5 Å². The first-order valence-corrected chi connectivity index (χ1v) is 8.54. The van der Waals surface area contributed by atoms with Crippen LogP contribution in [0.25, 0.3) is 0 Å². The lowest BCUT2D eigenvalue weighted by molar-refractivity contribution is 0.0189. The summed E-state index contributed by atoms with van der Waals surface area (Å²) in [5.41, 5.74) is 0.996. The normalized spacial score (nSPS) is 23.0. The Morgan fingerprint density at radius 1 is 1.33 bits per heavy atom. The summed E-state index contributed by atoms with van der Waals surface area (Å²) in [6.45, 7) is 6.57. The number of hydrogen-bond donors (Lipinski definition) is 1. The predicted octanol–water partition coefficient (Wildman–Crippen LogP) is 1.55. The highest BCUT2D eigenvalue weighted by Crippen LogP contribution is 2.12. The minimum atomic E-state index is 0. The van der Waals surface area contributed by atoms with Crippen molar-refractivity contribution in [3.63, 3.8) is 0 Å². The number of piperazine rings is 1. The Hall–Kier alpha value is -0.870. The number of aromatic nitrogens is 1. The molecule has 0 bridgehead atoms. The Morgan fingerprint density at radius 2 is 2.17 bits per heavy atom. The van der Waals surface area contributed by atoms with Gasteiger partial charge in [0.15, 0.2) is 5.96 Å². The smallest absolute Gasteiger partial charge is 0.193 e. The molecule has 24 heavy (non-hydrogen) atoms. The molecule has 8 heteroatoms. The number of halogens is 1. The van der Waals surface area contributed by atoms with Crippen LogP contribution in [0.2, 0.25) is 0 Å². The summed E-state index contributed by atoms with van der Waals surface area (Å²) in [7, 11) is 1.85. The summed E-state index contributed by atoms with van der Waals surface area (Å²) in [4.78, 5) is 9.14. The molecule has 1 unspecified atom stereocenters. The van der Waals surface area contributed by atoms with Crippen LogP contribution in [-0.2, 0) is 11.3 Å². The highest BCUT2D eigenvalue weighted by molar-refractivity contribution is 14.0. The van der Waals surface area contributed by atoms with Crippen molar-refractivity contribution < 1.29 is 9.26 Å². The summed E-state index contributed by atoms with van der Waals surface area (Å²) in [6.07, 6.45) is 5.57. The van der Waals surface area contributed by atoms with E-state index in [0.29, 0.717) is 6.10 Å². The van der Waals surface area contributed by atoms with Gasteiger partial charge in [-0.15, -0.1) is 24.0 Å². The average Bonchev–Trinajstić information content (AvgIpc) is 3.11. The quantitative estimate of drug-likeness (QED) is 0.428. The van der Waals surface area contributed by atoms with Crippen LogP contribution >= 0.6 is 24.0 Å². The van der Waals surface area contributed by atoms with Crippen LogP contribution in [0, 0.1) is 0 Å². The number of hydrogen-bond acceptors (Lipinski definition) is 5. The van der Waals surface area contributed by atoms with E-state index in [9.17, 15) is 0 Å². The molecular weight excluding hydrogens is 421 g/mol. The Morgan fingerprint density at radius 3 is 2.79 bits per heavy atom. The third kappa shape index (κ3) is 5.59. The Balaban J connectivity index is 0.00000208. The van der Waals surface area contributed by atoms with Crippen molar-refractivity contribution in [1.82, 2.24) is 20.3 Å². The average molecular weight is 449 g/mol.